The van der Waals surface area contributed by atoms with Crippen LogP contribution in [-0.2, 0) is 11.3 Å². The van der Waals surface area contributed by atoms with Crippen molar-refractivity contribution in [1.82, 2.24) is 15.2 Å². The molecule has 9 heteroatoms. The summed E-state index contributed by atoms with van der Waals surface area (Å²) in [5.74, 6) is 1.11. The lowest BCUT2D eigenvalue weighted by Gasteiger charge is -2.36. The second-order valence-electron chi connectivity index (χ2n) is 8.44. The topological polar surface area (TPSA) is 84.7 Å². The fraction of sp³-hybridized carbons (Fsp3) is 0.375. The van der Waals surface area contributed by atoms with Gasteiger partial charge in [-0.25, -0.2) is 4.98 Å². The Hall–Kier alpha value is -2.84. The smallest absolute Gasteiger partial charge is 0.271 e. The molecule has 1 N–H and O–H groups in total. The number of carbonyl (C=O) groups is 2. The third-order valence-corrected chi connectivity index (χ3v) is 6.93. The van der Waals surface area contributed by atoms with Crippen LogP contribution in [0.3, 0.4) is 0 Å². The molecule has 4 rings (SSSR count). The summed E-state index contributed by atoms with van der Waals surface area (Å²) in [4.78, 5) is 31.9. The first-order chi connectivity index (χ1) is 15.8. The Labute approximate surface area is 201 Å². The number of nitrogens with zero attached hydrogens (tertiary/aromatic N) is 2. The predicted molar refractivity (Wildman–Crippen MR) is 127 cm³/mol. The fourth-order valence-electron chi connectivity index (χ4n) is 3.81. The highest BCUT2D eigenvalue weighted by atomic mass is 35.5. The van der Waals surface area contributed by atoms with Crippen molar-refractivity contribution in [3.63, 3.8) is 0 Å². The van der Waals surface area contributed by atoms with Crippen LogP contribution in [0, 0.1) is 0 Å². The van der Waals surface area contributed by atoms with E-state index in [1.54, 1.807) is 43.7 Å². The van der Waals surface area contributed by atoms with Gasteiger partial charge in [0.05, 0.1) is 22.8 Å². The molecule has 0 saturated carbocycles. The molecule has 1 saturated heterocycles. The zero-order chi connectivity index (χ0) is 23.4. The van der Waals surface area contributed by atoms with Crippen LogP contribution in [0.25, 0.3) is 0 Å². The molecule has 7 nitrogen and oxygen atoms in total. The maximum absolute atomic E-state index is 13.1. The number of carbonyl (C=O) groups excluding carboxylic acids is 2. The summed E-state index contributed by atoms with van der Waals surface area (Å²) in [6.45, 7) is 5.07. The second-order valence-corrected chi connectivity index (χ2v) is 9.74. The van der Waals surface area contributed by atoms with E-state index >= 15 is 0 Å². The third-order valence-electron chi connectivity index (χ3n) is 5.61. The van der Waals surface area contributed by atoms with Crippen LogP contribution in [0.2, 0.25) is 5.02 Å². The summed E-state index contributed by atoms with van der Waals surface area (Å²) in [6, 6.07) is 10.7. The number of hydrogen-bond acceptors (Lipinski definition) is 6. The van der Waals surface area contributed by atoms with Crippen molar-refractivity contribution in [2.24, 2.45) is 0 Å². The number of halogens is 1. The molecule has 0 atom stereocenters. The number of benzene rings is 1. The SMILES string of the molecule is CC(C)(Oc1ccccc1Cl)C(=O)N1CCC(c2nc(C(=O)NCc3ccco3)cs2)CC1. The summed E-state index contributed by atoms with van der Waals surface area (Å²) in [5.41, 5.74) is -0.618. The van der Waals surface area contributed by atoms with Crippen LogP contribution >= 0.6 is 22.9 Å². The highest BCUT2D eigenvalue weighted by Crippen LogP contribution is 2.33. The number of thiazole rings is 1. The van der Waals surface area contributed by atoms with Crippen molar-refractivity contribution >= 4 is 34.8 Å². The van der Waals surface area contributed by atoms with Gasteiger partial charge in [-0.2, -0.15) is 0 Å². The summed E-state index contributed by atoms with van der Waals surface area (Å²) in [7, 11) is 0. The first kappa shape index (κ1) is 23.3. The van der Waals surface area contributed by atoms with E-state index in [0.717, 1.165) is 17.8 Å². The monoisotopic (exact) mass is 487 g/mol. The largest absolute Gasteiger partial charge is 0.476 e. The van der Waals surface area contributed by atoms with Crippen LogP contribution < -0.4 is 10.1 Å². The number of aromatic nitrogens is 1. The summed E-state index contributed by atoms with van der Waals surface area (Å²) in [6.07, 6.45) is 3.15. The molecule has 3 heterocycles. The number of amides is 2. The molecular weight excluding hydrogens is 462 g/mol. The number of hydrogen-bond donors (Lipinski definition) is 1. The Balaban J connectivity index is 1.31. The first-order valence-corrected chi connectivity index (χ1v) is 12.1. The molecule has 2 aromatic heterocycles. The van der Waals surface area contributed by atoms with Crippen molar-refractivity contribution in [2.75, 3.05) is 13.1 Å². The average Bonchev–Trinajstić information content (AvgIpc) is 3.51. The Bertz CT molecular complexity index is 1100. The lowest BCUT2D eigenvalue weighted by Crippen LogP contribution is -2.51. The Morgan fingerprint density at radius 1 is 1.24 bits per heavy atom. The molecule has 1 aliphatic rings. The summed E-state index contributed by atoms with van der Waals surface area (Å²) in [5, 5.41) is 6.00. The van der Waals surface area contributed by atoms with Crippen LogP contribution in [0.1, 0.15) is 53.9 Å². The standard InChI is InChI=1S/C24H26ClN3O4S/c1-24(2,32-20-8-4-3-7-18(20)25)23(30)28-11-9-16(10-12-28)22-27-19(15-33-22)21(29)26-14-17-6-5-13-31-17/h3-8,13,15-16H,9-12,14H2,1-2H3,(H,26,29). The molecule has 1 aromatic carbocycles. The zero-order valence-corrected chi connectivity index (χ0v) is 20.1. The molecule has 1 fully saturated rings. The number of furan rings is 1. The van der Waals surface area contributed by atoms with Gasteiger partial charge in [0.1, 0.15) is 17.2 Å². The number of rotatable bonds is 7. The van der Waals surface area contributed by atoms with E-state index in [2.05, 4.69) is 10.3 Å². The zero-order valence-electron chi connectivity index (χ0n) is 18.5. The second kappa shape index (κ2) is 9.97. The molecule has 2 amide bonds. The van der Waals surface area contributed by atoms with Gasteiger partial charge in [0.25, 0.3) is 11.8 Å². The highest BCUT2D eigenvalue weighted by Gasteiger charge is 2.37. The van der Waals surface area contributed by atoms with Gasteiger partial charge < -0.3 is 19.4 Å². The maximum Gasteiger partial charge on any atom is 0.271 e. The fourth-order valence-corrected chi connectivity index (χ4v) is 4.95. The van der Waals surface area contributed by atoms with E-state index in [9.17, 15) is 9.59 Å². The van der Waals surface area contributed by atoms with Crippen molar-refractivity contribution in [1.29, 1.82) is 0 Å². The van der Waals surface area contributed by atoms with Crippen molar-refractivity contribution < 1.29 is 18.7 Å². The van der Waals surface area contributed by atoms with Gasteiger partial charge in [-0.05, 0) is 51.0 Å². The van der Waals surface area contributed by atoms with Crippen LogP contribution in [0.4, 0.5) is 0 Å². The normalized spacial score (nSPS) is 14.8. The molecule has 0 bridgehead atoms. The third kappa shape index (κ3) is 5.57. The molecular formula is C24H26ClN3O4S. The van der Waals surface area contributed by atoms with E-state index in [1.807, 2.05) is 23.1 Å². The molecule has 0 unspecified atom stereocenters. The van der Waals surface area contributed by atoms with Crippen molar-refractivity contribution in [2.45, 2.75) is 44.8 Å². The molecule has 3 aromatic rings. The van der Waals surface area contributed by atoms with Crippen molar-refractivity contribution in [3.8, 4) is 5.75 Å². The average molecular weight is 488 g/mol. The number of nitrogens with one attached hydrogen (secondary N) is 1. The predicted octanol–water partition coefficient (Wildman–Crippen LogP) is 4.88. The number of piperidine rings is 1. The van der Waals surface area contributed by atoms with Gasteiger partial charge in [-0.3, -0.25) is 9.59 Å². The highest BCUT2D eigenvalue weighted by molar-refractivity contribution is 7.09. The van der Waals surface area contributed by atoms with E-state index in [0.29, 0.717) is 41.9 Å². The van der Waals surface area contributed by atoms with Crippen LogP contribution in [-0.4, -0.2) is 40.4 Å². The number of likely N-dealkylation sites (tertiary alicyclic amines) is 1. The minimum Gasteiger partial charge on any atom is -0.476 e. The van der Waals surface area contributed by atoms with E-state index in [1.165, 1.54) is 11.3 Å². The summed E-state index contributed by atoms with van der Waals surface area (Å²) < 4.78 is 11.2. The lowest BCUT2D eigenvalue weighted by molar-refractivity contribution is -0.146. The molecule has 0 spiro atoms. The first-order valence-electron chi connectivity index (χ1n) is 10.8. The van der Waals surface area contributed by atoms with Crippen molar-refractivity contribution in [3.05, 3.63) is 69.5 Å². The van der Waals surface area contributed by atoms with Crippen LogP contribution in [0.15, 0.2) is 52.5 Å². The molecule has 33 heavy (non-hydrogen) atoms. The van der Waals surface area contributed by atoms with Gasteiger partial charge in [-0.15, -0.1) is 11.3 Å². The molecule has 0 radical (unpaired) electrons. The maximum atomic E-state index is 13.1. The van der Waals surface area contributed by atoms with Gasteiger partial charge in [0.2, 0.25) is 0 Å². The van der Waals surface area contributed by atoms with E-state index < -0.39 is 5.60 Å². The molecule has 174 valence electrons. The van der Waals surface area contributed by atoms with E-state index in [-0.39, 0.29) is 17.7 Å². The Morgan fingerprint density at radius 2 is 2.00 bits per heavy atom. The Morgan fingerprint density at radius 3 is 2.70 bits per heavy atom. The number of ether oxygens (including phenoxy) is 1. The Kier molecular flexibility index (Phi) is 7.05. The van der Waals surface area contributed by atoms with Crippen LogP contribution in [0.5, 0.6) is 5.75 Å². The minimum absolute atomic E-state index is 0.0713. The number of para-hydroxylation sites is 1. The molecule has 0 aliphatic carbocycles. The lowest BCUT2D eigenvalue weighted by atomic mass is 9.96. The summed E-state index contributed by atoms with van der Waals surface area (Å²) >= 11 is 7.68. The van der Waals surface area contributed by atoms with Gasteiger partial charge >= 0.3 is 0 Å². The van der Waals surface area contributed by atoms with Gasteiger partial charge in [-0.1, -0.05) is 23.7 Å². The van der Waals surface area contributed by atoms with E-state index in [4.69, 9.17) is 20.8 Å². The van der Waals surface area contributed by atoms with Gasteiger partial charge in [0.15, 0.2) is 5.60 Å². The quantitative estimate of drug-likeness (QED) is 0.513. The molecule has 1 aliphatic heterocycles. The van der Waals surface area contributed by atoms with Gasteiger partial charge in [0, 0.05) is 24.4 Å². The minimum atomic E-state index is -1.03.